The number of hydrogen-bond donors (Lipinski definition) is 2. The van der Waals surface area contributed by atoms with Crippen molar-refractivity contribution in [2.24, 2.45) is 0 Å². The molecule has 36 heavy (non-hydrogen) atoms. The Kier molecular flexibility index (Phi) is 25.5. The lowest BCUT2D eigenvalue weighted by Crippen LogP contribution is -2.64. The van der Waals surface area contributed by atoms with Gasteiger partial charge in [-0.2, -0.15) is 0 Å². The van der Waals surface area contributed by atoms with Crippen LogP contribution < -0.4 is 9.96 Å². The lowest BCUT2D eigenvalue weighted by Gasteiger charge is -2.32. The van der Waals surface area contributed by atoms with Crippen molar-refractivity contribution in [1.82, 2.24) is 9.96 Å². The summed E-state index contributed by atoms with van der Waals surface area (Å²) in [5, 5.41) is 0. The molecule has 0 aromatic heterocycles. The van der Waals surface area contributed by atoms with Crippen LogP contribution in [-0.2, 0) is 26.6 Å². The minimum Gasteiger partial charge on any atom is -0.361 e. The Morgan fingerprint density at radius 1 is 0.361 bits per heavy atom. The van der Waals surface area contributed by atoms with Crippen LogP contribution in [0.25, 0.3) is 0 Å². The summed E-state index contributed by atoms with van der Waals surface area (Å²) >= 11 is 0. The van der Waals surface area contributed by atoms with Crippen LogP contribution >= 0.6 is 0 Å². The summed E-state index contributed by atoms with van der Waals surface area (Å²) in [5.74, 6) is 0. The van der Waals surface area contributed by atoms with E-state index in [4.69, 9.17) is 26.6 Å². The van der Waals surface area contributed by atoms with E-state index in [0.717, 1.165) is 77.0 Å². The maximum Gasteiger partial charge on any atom is 0.596 e. The Hall–Kier alpha value is 0.114. The Morgan fingerprint density at radius 3 is 0.722 bits per heavy atom. The highest BCUT2D eigenvalue weighted by molar-refractivity contribution is 6.58. The molecule has 0 saturated carbocycles. The molecule has 0 bridgehead atoms. The van der Waals surface area contributed by atoms with Gasteiger partial charge in [-0.1, -0.05) is 80.1 Å². The molecule has 0 radical (unpaired) electrons. The molecule has 2 N–H and O–H groups in total. The first-order chi connectivity index (χ1) is 17.6. The van der Waals surface area contributed by atoms with Crippen molar-refractivity contribution in [3.8, 4) is 0 Å². The average Bonchev–Trinajstić information content (AvgIpc) is 2.87. The SMILES string of the molecule is CCCCO[Si](NCCN[Si](OCCCC)(OCCCC)OCCCC)(OCCCC)OCCCC. The molecule has 0 atom stereocenters. The zero-order chi connectivity index (χ0) is 26.8. The van der Waals surface area contributed by atoms with Crippen molar-refractivity contribution in [2.75, 3.05) is 52.7 Å². The second kappa shape index (κ2) is 25.4. The number of nitrogens with one attached hydrogen (secondary N) is 2. The van der Waals surface area contributed by atoms with Crippen molar-refractivity contribution < 1.29 is 26.6 Å². The van der Waals surface area contributed by atoms with Gasteiger partial charge in [0.05, 0.1) is 0 Å². The number of rotatable bonds is 29. The summed E-state index contributed by atoms with van der Waals surface area (Å²) in [6.07, 6.45) is 12.4. The molecule has 0 unspecified atom stereocenters. The molecule has 0 rings (SSSR count). The van der Waals surface area contributed by atoms with Gasteiger partial charge in [-0.15, -0.1) is 0 Å². The van der Waals surface area contributed by atoms with Crippen molar-refractivity contribution in [2.45, 2.75) is 119 Å². The molecule has 0 aliphatic rings. The van der Waals surface area contributed by atoms with Crippen molar-refractivity contribution >= 4 is 17.9 Å². The molecule has 0 aliphatic carbocycles. The van der Waals surface area contributed by atoms with Gasteiger partial charge >= 0.3 is 17.9 Å². The van der Waals surface area contributed by atoms with E-state index in [-0.39, 0.29) is 0 Å². The first-order valence-electron chi connectivity index (χ1n) is 14.9. The number of hydrogen-bond acceptors (Lipinski definition) is 8. The summed E-state index contributed by atoms with van der Waals surface area (Å²) in [6.45, 7) is 18.1. The van der Waals surface area contributed by atoms with Crippen LogP contribution in [0.5, 0.6) is 0 Å². The van der Waals surface area contributed by atoms with Crippen LogP contribution in [-0.4, -0.2) is 70.7 Å². The molecule has 0 spiro atoms. The van der Waals surface area contributed by atoms with E-state index in [1.807, 2.05) is 0 Å². The van der Waals surface area contributed by atoms with Crippen LogP contribution in [0, 0.1) is 0 Å². The molecule has 8 nitrogen and oxygen atoms in total. The smallest absolute Gasteiger partial charge is 0.361 e. The second-order valence-electron chi connectivity index (χ2n) is 9.18. The first-order valence-corrected chi connectivity index (χ1v) is 18.4. The van der Waals surface area contributed by atoms with Crippen molar-refractivity contribution in [3.05, 3.63) is 0 Å². The zero-order valence-electron chi connectivity index (χ0n) is 24.6. The van der Waals surface area contributed by atoms with Gasteiger partial charge in [0.25, 0.3) is 0 Å². The van der Waals surface area contributed by atoms with Crippen LogP contribution in [0.2, 0.25) is 0 Å². The lowest BCUT2D eigenvalue weighted by atomic mass is 10.4. The van der Waals surface area contributed by atoms with E-state index < -0.39 is 17.9 Å². The fraction of sp³-hybridized carbons (Fsp3) is 1.00. The van der Waals surface area contributed by atoms with Gasteiger partial charge in [-0.05, 0) is 38.5 Å². The van der Waals surface area contributed by atoms with Crippen LogP contribution in [0.15, 0.2) is 0 Å². The van der Waals surface area contributed by atoms with Crippen molar-refractivity contribution in [1.29, 1.82) is 0 Å². The maximum atomic E-state index is 6.31. The van der Waals surface area contributed by atoms with Gasteiger partial charge in [0.15, 0.2) is 0 Å². The van der Waals surface area contributed by atoms with Gasteiger partial charge in [-0.25, -0.2) is 0 Å². The lowest BCUT2D eigenvalue weighted by molar-refractivity contribution is 0.0408. The molecule has 0 fully saturated rings. The third kappa shape index (κ3) is 18.4. The highest BCUT2D eigenvalue weighted by atomic mass is 28.4. The molecule has 0 heterocycles. The molecular formula is C26H60N2O6Si2. The zero-order valence-corrected chi connectivity index (χ0v) is 26.6. The van der Waals surface area contributed by atoms with E-state index in [9.17, 15) is 0 Å². The highest BCUT2D eigenvalue weighted by Gasteiger charge is 2.44. The molecule has 0 aromatic carbocycles. The Labute approximate surface area is 225 Å². The van der Waals surface area contributed by atoms with Crippen LogP contribution in [0.1, 0.15) is 119 Å². The Bertz CT molecular complexity index is 373. The minimum absolute atomic E-state index is 0.622. The fourth-order valence-corrected chi connectivity index (χ4v) is 7.55. The molecule has 10 heteroatoms. The topological polar surface area (TPSA) is 79.4 Å². The van der Waals surface area contributed by atoms with Gasteiger partial charge < -0.3 is 26.6 Å². The first kappa shape index (κ1) is 36.1. The summed E-state index contributed by atoms with van der Waals surface area (Å²) in [7, 11) is -5.99. The van der Waals surface area contributed by atoms with E-state index >= 15 is 0 Å². The average molecular weight is 553 g/mol. The van der Waals surface area contributed by atoms with Gasteiger partial charge in [0.1, 0.15) is 0 Å². The Morgan fingerprint density at radius 2 is 0.556 bits per heavy atom. The maximum absolute atomic E-state index is 6.31. The van der Waals surface area contributed by atoms with Gasteiger partial charge in [-0.3, -0.25) is 9.96 Å². The predicted molar refractivity (Wildman–Crippen MR) is 153 cm³/mol. The van der Waals surface area contributed by atoms with Crippen LogP contribution in [0.3, 0.4) is 0 Å². The standard InChI is InChI=1S/C26H60N2O6Si2/c1-7-13-21-29-35(30-22-14-8-2,31-23-15-9-3)27-19-20-28-36(32-24-16-10-4,33-25-17-11-5)34-26-18-12-6/h27-28H,7-26H2,1-6H3. The van der Waals surface area contributed by atoms with E-state index in [0.29, 0.717) is 52.7 Å². The molecule has 218 valence electrons. The quantitative estimate of drug-likeness (QED) is 0.0872. The summed E-state index contributed by atoms with van der Waals surface area (Å²) in [5.41, 5.74) is 0. The summed E-state index contributed by atoms with van der Waals surface area (Å²) in [6, 6.07) is 0. The third-order valence-electron chi connectivity index (χ3n) is 5.55. The molecule has 0 aliphatic heterocycles. The Balaban J connectivity index is 5.31. The summed E-state index contributed by atoms with van der Waals surface area (Å²) < 4.78 is 37.8. The van der Waals surface area contributed by atoms with Crippen molar-refractivity contribution in [3.63, 3.8) is 0 Å². The molecule has 0 aromatic rings. The van der Waals surface area contributed by atoms with Gasteiger partial charge in [0, 0.05) is 52.7 Å². The molecule has 0 amide bonds. The highest BCUT2D eigenvalue weighted by Crippen LogP contribution is 2.12. The normalized spacial score (nSPS) is 12.5. The van der Waals surface area contributed by atoms with Gasteiger partial charge in [0.2, 0.25) is 0 Å². The van der Waals surface area contributed by atoms with E-state index in [1.54, 1.807) is 0 Å². The molecular weight excluding hydrogens is 492 g/mol. The largest absolute Gasteiger partial charge is 0.596 e. The third-order valence-corrected chi connectivity index (χ3v) is 10.4. The molecule has 0 saturated heterocycles. The number of unbranched alkanes of at least 4 members (excludes halogenated alkanes) is 6. The fourth-order valence-electron chi connectivity index (χ4n) is 3.09. The monoisotopic (exact) mass is 552 g/mol. The predicted octanol–water partition coefficient (Wildman–Crippen LogP) is 5.94. The minimum atomic E-state index is -2.99. The van der Waals surface area contributed by atoms with Crippen LogP contribution in [0.4, 0.5) is 0 Å². The summed E-state index contributed by atoms with van der Waals surface area (Å²) in [4.78, 5) is 7.10. The van der Waals surface area contributed by atoms with E-state index in [2.05, 4.69) is 51.5 Å². The van der Waals surface area contributed by atoms with E-state index in [1.165, 1.54) is 0 Å². The second-order valence-corrected chi connectivity index (χ2v) is 13.8.